The molecule has 0 atom stereocenters. The molecule has 1 aliphatic rings. The van der Waals surface area contributed by atoms with E-state index in [9.17, 15) is 21.6 Å². The fourth-order valence-corrected chi connectivity index (χ4v) is 6.37. The molecule has 31 heavy (non-hydrogen) atoms. The van der Waals surface area contributed by atoms with Crippen molar-refractivity contribution in [3.8, 4) is 0 Å². The second-order valence-electron chi connectivity index (χ2n) is 7.06. The molecule has 0 radical (unpaired) electrons. The Balaban J connectivity index is 1.87. The molecule has 4 rings (SSSR count). The molecular weight excluding hydrogens is 432 g/mol. The van der Waals surface area contributed by atoms with E-state index in [-0.39, 0.29) is 26.7 Å². The van der Waals surface area contributed by atoms with Crippen molar-refractivity contribution in [2.45, 2.75) is 10.6 Å². The first-order valence-electron chi connectivity index (χ1n) is 9.42. The van der Waals surface area contributed by atoms with E-state index in [2.05, 4.69) is 0 Å². The van der Waals surface area contributed by atoms with Gasteiger partial charge in [0.05, 0.1) is 15.6 Å². The van der Waals surface area contributed by atoms with E-state index in [1.54, 1.807) is 66.7 Å². The number of hydrogen-bond acceptors (Lipinski definition) is 5. The van der Waals surface area contributed by atoms with Gasteiger partial charge in [0, 0.05) is 16.5 Å². The van der Waals surface area contributed by atoms with E-state index in [1.807, 2.05) is 0 Å². The average Bonchev–Trinajstić information content (AvgIpc) is 2.76. The van der Waals surface area contributed by atoms with Crippen LogP contribution in [0, 0.1) is 0 Å². The highest BCUT2D eigenvalue weighted by atomic mass is 32.2. The van der Waals surface area contributed by atoms with Crippen LogP contribution in [0.15, 0.2) is 107 Å². The number of benzene rings is 3. The SMILES string of the molecule is O=C1C(/C=C(/c2ccccc2)S(=O)(=O)Cc2ccccc2)=CS(=O)(=O)c2ccccc21. The molecule has 0 aliphatic carbocycles. The van der Waals surface area contributed by atoms with Gasteiger partial charge >= 0.3 is 0 Å². The average molecular weight is 451 g/mol. The Hall–Kier alpha value is -3.29. The lowest BCUT2D eigenvalue weighted by atomic mass is 10.0. The summed E-state index contributed by atoms with van der Waals surface area (Å²) in [6.45, 7) is 0. The van der Waals surface area contributed by atoms with Crippen LogP contribution in [-0.4, -0.2) is 22.6 Å². The van der Waals surface area contributed by atoms with Crippen molar-refractivity contribution in [1.29, 1.82) is 0 Å². The van der Waals surface area contributed by atoms with Gasteiger partial charge in [-0.05, 0) is 29.3 Å². The zero-order valence-corrected chi connectivity index (χ0v) is 17.9. The molecule has 1 aliphatic heterocycles. The van der Waals surface area contributed by atoms with Crippen LogP contribution in [0.5, 0.6) is 0 Å². The molecule has 1 heterocycles. The third kappa shape index (κ3) is 4.28. The predicted molar refractivity (Wildman–Crippen MR) is 120 cm³/mol. The fourth-order valence-electron chi connectivity index (χ4n) is 3.41. The van der Waals surface area contributed by atoms with Crippen LogP contribution in [0.4, 0.5) is 0 Å². The van der Waals surface area contributed by atoms with Gasteiger partial charge in [0.2, 0.25) is 9.84 Å². The molecule has 0 amide bonds. The molecule has 0 spiro atoms. The monoisotopic (exact) mass is 450 g/mol. The number of fused-ring (bicyclic) bond motifs is 1. The standard InChI is InChI=1S/C24H18O5S2/c25-24-20(17-31(28,29)22-14-8-7-13-21(22)24)15-23(19-11-5-2-6-12-19)30(26,27)16-18-9-3-1-4-10-18/h1-15,17H,16H2/b23-15-. The summed E-state index contributed by atoms with van der Waals surface area (Å²) >= 11 is 0. The topological polar surface area (TPSA) is 85.3 Å². The van der Waals surface area contributed by atoms with E-state index in [4.69, 9.17) is 0 Å². The van der Waals surface area contributed by atoms with Crippen LogP contribution in [0.2, 0.25) is 0 Å². The second kappa shape index (κ2) is 8.09. The van der Waals surface area contributed by atoms with Gasteiger partial charge in [0.25, 0.3) is 0 Å². The van der Waals surface area contributed by atoms with Crippen molar-refractivity contribution in [2.75, 3.05) is 0 Å². The van der Waals surface area contributed by atoms with Crippen LogP contribution in [0.3, 0.4) is 0 Å². The Morgan fingerprint density at radius 3 is 2.06 bits per heavy atom. The predicted octanol–water partition coefficient (Wildman–Crippen LogP) is 4.20. The van der Waals surface area contributed by atoms with Gasteiger partial charge in [-0.15, -0.1) is 0 Å². The van der Waals surface area contributed by atoms with Gasteiger partial charge in [-0.2, -0.15) is 0 Å². The highest BCUT2D eigenvalue weighted by Crippen LogP contribution is 2.32. The summed E-state index contributed by atoms with van der Waals surface area (Å²) in [5.74, 6) is -0.812. The quantitative estimate of drug-likeness (QED) is 0.582. The highest BCUT2D eigenvalue weighted by Gasteiger charge is 2.30. The van der Waals surface area contributed by atoms with E-state index in [1.165, 1.54) is 24.3 Å². The highest BCUT2D eigenvalue weighted by molar-refractivity contribution is 8.00. The largest absolute Gasteiger partial charge is 0.289 e. The van der Waals surface area contributed by atoms with Crippen molar-refractivity contribution in [2.24, 2.45) is 0 Å². The molecule has 0 N–H and O–H groups in total. The molecule has 0 saturated carbocycles. The first-order chi connectivity index (χ1) is 14.8. The number of hydrogen-bond donors (Lipinski definition) is 0. The van der Waals surface area contributed by atoms with Gasteiger partial charge in [-0.3, -0.25) is 4.79 Å². The molecule has 0 saturated heterocycles. The number of carbonyl (C=O) groups is 1. The van der Waals surface area contributed by atoms with Gasteiger partial charge in [-0.1, -0.05) is 72.8 Å². The minimum absolute atomic E-state index is 0.0316. The van der Waals surface area contributed by atoms with Crippen LogP contribution < -0.4 is 0 Å². The Bertz CT molecular complexity index is 1420. The van der Waals surface area contributed by atoms with Crippen molar-refractivity contribution in [3.05, 3.63) is 119 Å². The summed E-state index contributed by atoms with van der Waals surface area (Å²) < 4.78 is 52.0. The maximum atomic E-state index is 13.3. The Kier molecular flexibility index (Phi) is 5.47. The molecule has 0 unspecified atom stereocenters. The molecule has 3 aromatic carbocycles. The lowest BCUT2D eigenvalue weighted by molar-refractivity contribution is 0.103. The first-order valence-corrected chi connectivity index (χ1v) is 12.6. The molecule has 7 heteroatoms. The van der Waals surface area contributed by atoms with E-state index < -0.39 is 25.5 Å². The summed E-state index contributed by atoms with van der Waals surface area (Å²) in [6, 6.07) is 22.9. The Labute approximate surface area is 181 Å². The minimum atomic E-state index is -3.89. The first kappa shape index (κ1) is 21.0. The summed E-state index contributed by atoms with van der Waals surface area (Å²) in [7, 11) is -7.77. The summed E-state index contributed by atoms with van der Waals surface area (Å²) in [6.07, 6.45) is 1.17. The molecule has 156 valence electrons. The number of rotatable bonds is 5. The number of sulfone groups is 2. The third-order valence-corrected chi connectivity index (χ3v) is 8.13. The molecule has 5 nitrogen and oxygen atoms in total. The van der Waals surface area contributed by atoms with E-state index in [0.717, 1.165) is 5.41 Å². The zero-order chi connectivity index (χ0) is 22.1. The molecule has 3 aromatic rings. The Morgan fingerprint density at radius 1 is 0.806 bits per heavy atom. The van der Waals surface area contributed by atoms with Crippen LogP contribution in [-0.2, 0) is 25.4 Å². The van der Waals surface area contributed by atoms with Gasteiger partial charge < -0.3 is 0 Å². The lowest BCUT2D eigenvalue weighted by Crippen LogP contribution is -2.17. The molecule has 0 bridgehead atoms. The van der Waals surface area contributed by atoms with Gasteiger partial charge in [-0.25, -0.2) is 16.8 Å². The zero-order valence-electron chi connectivity index (χ0n) is 16.3. The molecular formula is C24H18O5S2. The van der Waals surface area contributed by atoms with Gasteiger partial charge in [0.15, 0.2) is 15.6 Å². The van der Waals surface area contributed by atoms with Crippen LogP contribution >= 0.6 is 0 Å². The molecule has 0 aromatic heterocycles. The maximum absolute atomic E-state index is 13.3. The number of Topliss-reactive ketones (excluding diaryl/α,β-unsaturated/α-hetero) is 1. The molecule has 0 fully saturated rings. The third-order valence-electron chi connectivity index (χ3n) is 4.86. The summed E-state index contributed by atoms with van der Waals surface area (Å²) in [4.78, 5) is 12.8. The van der Waals surface area contributed by atoms with Crippen LogP contribution in [0.25, 0.3) is 4.91 Å². The fraction of sp³-hybridized carbons (Fsp3) is 0.0417. The lowest BCUT2D eigenvalue weighted by Gasteiger charge is -2.16. The number of ketones is 1. The second-order valence-corrected chi connectivity index (χ2v) is 10.8. The Morgan fingerprint density at radius 2 is 1.39 bits per heavy atom. The van der Waals surface area contributed by atoms with E-state index >= 15 is 0 Å². The van der Waals surface area contributed by atoms with Crippen molar-refractivity contribution in [3.63, 3.8) is 0 Å². The van der Waals surface area contributed by atoms with Crippen molar-refractivity contribution in [1.82, 2.24) is 0 Å². The van der Waals surface area contributed by atoms with Crippen LogP contribution in [0.1, 0.15) is 21.5 Å². The maximum Gasteiger partial charge on any atom is 0.201 e. The smallest absolute Gasteiger partial charge is 0.201 e. The normalized spacial score (nSPS) is 15.8. The van der Waals surface area contributed by atoms with Crippen molar-refractivity contribution >= 4 is 30.4 Å². The van der Waals surface area contributed by atoms with Crippen molar-refractivity contribution < 1.29 is 21.6 Å². The minimum Gasteiger partial charge on any atom is -0.289 e. The summed E-state index contributed by atoms with van der Waals surface area (Å²) in [5, 5.41) is 0.846. The van der Waals surface area contributed by atoms with Gasteiger partial charge in [0.1, 0.15) is 0 Å². The number of allylic oxidation sites excluding steroid dienone is 2. The summed E-state index contributed by atoms with van der Waals surface area (Å²) in [5.41, 5.74) is 0.813. The number of carbonyl (C=O) groups excluding carboxylic acids is 1. The van der Waals surface area contributed by atoms with E-state index in [0.29, 0.717) is 11.1 Å².